The van der Waals surface area contributed by atoms with E-state index in [1.165, 1.54) is 0 Å². The number of rotatable bonds is 13. The molecule has 1 aromatic heterocycles. The molecule has 0 aliphatic carbocycles. The lowest BCUT2D eigenvalue weighted by molar-refractivity contribution is -0.131. The number of halogens is 1. The average molecular weight is 485 g/mol. The number of carbonyl (C=O) groups is 2. The standard InChI is InChI=1S/C26H33ClN4O3/c1-3-30(4-2)26(33)18-31-23-11-8-7-10-22(23)29-24(31)12-6-5-9-17-28-25(32)19-34-21-15-13-20(27)14-16-21/h7-8,10-11,13-16H,3-6,9,12,17-19H2,1-2H3,(H,28,32). The molecule has 0 saturated heterocycles. The van der Waals surface area contributed by atoms with Crippen molar-refractivity contribution in [3.8, 4) is 5.75 Å². The zero-order valence-corrected chi connectivity index (χ0v) is 20.7. The van der Waals surface area contributed by atoms with E-state index in [2.05, 4.69) is 5.32 Å². The predicted molar refractivity (Wildman–Crippen MR) is 135 cm³/mol. The summed E-state index contributed by atoms with van der Waals surface area (Å²) in [6, 6.07) is 14.9. The van der Waals surface area contributed by atoms with Gasteiger partial charge in [-0.15, -0.1) is 0 Å². The van der Waals surface area contributed by atoms with Gasteiger partial charge in [0, 0.05) is 31.1 Å². The third kappa shape index (κ3) is 7.22. The molecule has 0 bridgehead atoms. The molecule has 0 atom stereocenters. The molecule has 3 aromatic rings. The van der Waals surface area contributed by atoms with Gasteiger partial charge in [0.1, 0.15) is 18.1 Å². The normalized spacial score (nSPS) is 10.9. The van der Waals surface area contributed by atoms with Crippen LogP contribution in [0.2, 0.25) is 5.02 Å². The van der Waals surface area contributed by atoms with Crippen LogP contribution >= 0.6 is 11.6 Å². The maximum atomic E-state index is 12.7. The van der Waals surface area contributed by atoms with Gasteiger partial charge in [-0.3, -0.25) is 9.59 Å². The Kier molecular flexibility index (Phi) is 9.76. The van der Waals surface area contributed by atoms with Gasteiger partial charge in [0.2, 0.25) is 5.91 Å². The van der Waals surface area contributed by atoms with Crippen molar-refractivity contribution in [2.24, 2.45) is 0 Å². The molecule has 1 N–H and O–H groups in total. The van der Waals surface area contributed by atoms with Crippen LogP contribution in [-0.2, 0) is 22.6 Å². The number of benzene rings is 2. The number of para-hydroxylation sites is 2. The molecule has 0 fully saturated rings. The highest BCUT2D eigenvalue weighted by molar-refractivity contribution is 6.30. The Labute approximate surface area is 206 Å². The number of likely N-dealkylation sites (N-methyl/N-ethyl adjacent to an activating group) is 1. The van der Waals surface area contributed by atoms with Crippen molar-refractivity contribution in [2.45, 2.75) is 46.1 Å². The second-order valence-corrected chi connectivity index (χ2v) is 8.51. The van der Waals surface area contributed by atoms with Gasteiger partial charge in [-0.05, 0) is 63.1 Å². The van der Waals surface area contributed by atoms with Crippen LogP contribution in [0.25, 0.3) is 11.0 Å². The summed E-state index contributed by atoms with van der Waals surface area (Å²) >= 11 is 5.84. The van der Waals surface area contributed by atoms with Crippen molar-refractivity contribution in [1.82, 2.24) is 19.8 Å². The van der Waals surface area contributed by atoms with Crippen molar-refractivity contribution >= 4 is 34.4 Å². The second-order valence-electron chi connectivity index (χ2n) is 8.07. The number of carbonyl (C=O) groups excluding carboxylic acids is 2. The highest BCUT2D eigenvalue weighted by Gasteiger charge is 2.16. The lowest BCUT2D eigenvalue weighted by atomic mass is 10.2. The van der Waals surface area contributed by atoms with E-state index in [1.807, 2.05) is 47.6 Å². The highest BCUT2D eigenvalue weighted by Crippen LogP contribution is 2.18. The van der Waals surface area contributed by atoms with E-state index in [4.69, 9.17) is 21.3 Å². The number of fused-ring (bicyclic) bond motifs is 1. The Morgan fingerprint density at radius 1 is 1.03 bits per heavy atom. The lowest BCUT2D eigenvalue weighted by Crippen LogP contribution is -2.33. The molecule has 1 heterocycles. The zero-order chi connectivity index (χ0) is 24.3. The van der Waals surface area contributed by atoms with Gasteiger partial charge in [-0.1, -0.05) is 30.2 Å². The van der Waals surface area contributed by atoms with Gasteiger partial charge >= 0.3 is 0 Å². The lowest BCUT2D eigenvalue weighted by Gasteiger charge is -2.20. The summed E-state index contributed by atoms with van der Waals surface area (Å²) in [6.07, 6.45) is 3.53. The molecule has 0 aliphatic heterocycles. The molecule has 0 aliphatic rings. The first-order chi connectivity index (χ1) is 16.5. The average Bonchev–Trinajstić information content (AvgIpc) is 3.19. The molecule has 0 spiro atoms. The fraction of sp³-hybridized carbons (Fsp3) is 0.423. The first kappa shape index (κ1) is 25.6. The number of hydrogen-bond donors (Lipinski definition) is 1. The number of nitrogens with zero attached hydrogens (tertiary/aromatic N) is 3. The van der Waals surface area contributed by atoms with Crippen LogP contribution in [0.15, 0.2) is 48.5 Å². The fourth-order valence-corrected chi connectivity index (χ4v) is 3.97. The van der Waals surface area contributed by atoms with Gasteiger partial charge in [0.05, 0.1) is 11.0 Å². The third-order valence-electron chi connectivity index (χ3n) is 5.73. The summed E-state index contributed by atoms with van der Waals surface area (Å²) in [6.45, 7) is 6.28. The first-order valence-corrected chi connectivity index (χ1v) is 12.3. The van der Waals surface area contributed by atoms with Crippen LogP contribution < -0.4 is 10.1 Å². The summed E-state index contributed by atoms with van der Waals surface area (Å²) in [5.41, 5.74) is 1.91. The number of amides is 2. The SMILES string of the molecule is CCN(CC)C(=O)Cn1c(CCCCCNC(=O)COc2ccc(Cl)cc2)nc2ccccc21. The maximum Gasteiger partial charge on any atom is 0.257 e. The van der Waals surface area contributed by atoms with Crippen LogP contribution in [0, 0.1) is 0 Å². The van der Waals surface area contributed by atoms with Gasteiger partial charge < -0.3 is 19.5 Å². The highest BCUT2D eigenvalue weighted by atomic mass is 35.5. The Morgan fingerprint density at radius 3 is 2.50 bits per heavy atom. The van der Waals surface area contributed by atoms with E-state index < -0.39 is 0 Å². The third-order valence-corrected chi connectivity index (χ3v) is 5.98. The van der Waals surface area contributed by atoms with Crippen molar-refractivity contribution in [3.05, 3.63) is 59.4 Å². The Morgan fingerprint density at radius 2 is 1.76 bits per heavy atom. The van der Waals surface area contributed by atoms with Gasteiger partial charge in [-0.2, -0.15) is 0 Å². The number of nitrogens with one attached hydrogen (secondary N) is 1. The molecule has 8 heteroatoms. The van der Waals surface area contributed by atoms with Crippen LogP contribution in [-0.4, -0.2) is 52.5 Å². The molecular formula is C26H33ClN4O3. The van der Waals surface area contributed by atoms with Crippen molar-refractivity contribution < 1.29 is 14.3 Å². The summed E-state index contributed by atoms with van der Waals surface area (Å²) in [7, 11) is 0. The van der Waals surface area contributed by atoms with Crippen LogP contribution in [0.5, 0.6) is 5.75 Å². The Bertz CT molecular complexity index is 1080. The fourth-order valence-electron chi connectivity index (χ4n) is 3.85. The van der Waals surface area contributed by atoms with E-state index in [0.29, 0.717) is 37.0 Å². The van der Waals surface area contributed by atoms with Crippen molar-refractivity contribution in [3.63, 3.8) is 0 Å². The van der Waals surface area contributed by atoms with Gasteiger partial charge in [0.15, 0.2) is 6.61 Å². The number of imidazole rings is 1. The van der Waals surface area contributed by atoms with E-state index in [1.54, 1.807) is 24.3 Å². The smallest absolute Gasteiger partial charge is 0.257 e. The first-order valence-electron chi connectivity index (χ1n) is 11.9. The van der Waals surface area contributed by atoms with E-state index >= 15 is 0 Å². The number of aromatic nitrogens is 2. The Balaban J connectivity index is 1.44. The van der Waals surface area contributed by atoms with Crippen LogP contribution in [0.1, 0.15) is 38.9 Å². The summed E-state index contributed by atoms with van der Waals surface area (Å²) < 4.78 is 7.50. The number of ether oxygens (including phenoxy) is 1. The molecule has 2 aromatic carbocycles. The quantitative estimate of drug-likeness (QED) is 0.363. The Hall–Kier alpha value is -3.06. The number of unbranched alkanes of at least 4 members (excludes halogenated alkanes) is 2. The largest absolute Gasteiger partial charge is 0.484 e. The maximum absolute atomic E-state index is 12.7. The molecule has 0 radical (unpaired) electrons. The number of aryl methyl sites for hydroxylation is 1. The van der Waals surface area contributed by atoms with Crippen LogP contribution in [0.4, 0.5) is 0 Å². The molecule has 34 heavy (non-hydrogen) atoms. The molecule has 3 rings (SSSR count). The minimum absolute atomic E-state index is 0.0216. The number of hydrogen-bond acceptors (Lipinski definition) is 4. The molecule has 2 amide bonds. The monoisotopic (exact) mass is 484 g/mol. The van der Waals surface area contributed by atoms with Crippen molar-refractivity contribution in [2.75, 3.05) is 26.2 Å². The summed E-state index contributed by atoms with van der Waals surface area (Å²) in [5.74, 6) is 1.51. The van der Waals surface area contributed by atoms with Crippen LogP contribution in [0.3, 0.4) is 0 Å². The topological polar surface area (TPSA) is 76.5 Å². The second kappa shape index (κ2) is 13.0. The zero-order valence-electron chi connectivity index (χ0n) is 19.9. The molecule has 7 nitrogen and oxygen atoms in total. The minimum atomic E-state index is -0.147. The molecule has 0 saturated carbocycles. The minimum Gasteiger partial charge on any atom is -0.484 e. The van der Waals surface area contributed by atoms with E-state index in [-0.39, 0.29) is 18.4 Å². The van der Waals surface area contributed by atoms with E-state index in [9.17, 15) is 9.59 Å². The van der Waals surface area contributed by atoms with Crippen molar-refractivity contribution in [1.29, 1.82) is 0 Å². The van der Waals surface area contributed by atoms with E-state index in [0.717, 1.165) is 42.5 Å². The molecular weight excluding hydrogens is 452 g/mol. The predicted octanol–water partition coefficient (Wildman–Crippen LogP) is 4.47. The van der Waals surface area contributed by atoms with Gasteiger partial charge in [-0.25, -0.2) is 4.98 Å². The molecule has 0 unspecified atom stereocenters. The summed E-state index contributed by atoms with van der Waals surface area (Å²) in [4.78, 5) is 31.3. The van der Waals surface area contributed by atoms with Gasteiger partial charge in [0.25, 0.3) is 5.91 Å². The summed E-state index contributed by atoms with van der Waals surface area (Å²) in [5, 5.41) is 3.51. The molecule has 182 valence electrons.